The Morgan fingerprint density at radius 3 is 2.81 bits per heavy atom. The third-order valence-electron chi connectivity index (χ3n) is 3.14. The van der Waals surface area contributed by atoms with E-state index in [0.29, 0.717) is 42.4 Å². The van der Waals surface area contributed by atoms with Crippen molar-refractivity contribution >= 4 is 22.6 Å². The van der Waals surface area contributed by atoms with Gasteiger partial charge in [0, 0.05) is 31.3 Å². The Morgan fingerprint density at radius 2 is 2.10 bits per heavy atom. The van der Waals surface area contributed by atoms with Crippen LogP contribution < -0.4 is 0 Å². The van der Waals surface area contributed by atoms with Gasteiger partial charge in [-0.25, -0.2) is 13.8 Å². The lowest BCUT2D eigenvalue weighted by atomic mass is 10.3. The van der Waals surface area contributed by atoms with E-state index in [1.54, 1.807) is 4.57 Å². The first-order chi connectivity index (χ1) is 10.2. The second kappa shape index (κ2) is 5.77. The third-order valence-corrected chi connectivity index (χ3v) is 3.32. The van der Waals surface area contributed by atoms with E-state index in [2.05, 4.69) is 19.6 Å². The highest BCUT2D eigenvalue weighted by Crippen LogP contribution is 2.22. The van der Waals surface area contributed by atoms with E-state index in [1.807, 2.05) is 0 Å². The van der Waals surface area contributed by atoms with E-state index >= 15 is 0 Å². The molecule has 0 amide bonds. The zero-order valence-electron chi connectivity index (χ0n) is 10.9. The molecule has 0 aliphatic heterocycles. The lowest BCUT2D eigenvalue weighted by molar-refractivity contribution is 0.408. The van der Waals surface area contributed by atoms with Crippen molar-refractivity contribution in [3.63, 3.8) is 0 Å². The maximum Gasteiger partial charge on any atom is 0.213 e. The molecule has 0 bridgehead atoms. The number of rotatable bonds is 5. The molecule has 0 saturated carbocycles. The van der Waals surface area contributed by atoms with Crippen molar-refractivity contribution in [1.29, 1.82) is 0 Å². The van der Waals surface area contributed by atoms with Crippen LogP contribution in [0.15, 0.2) is 23.0 Å². The maximum atomic E-state index is 13.8. The third kappa shape index (κ3) is 2.73. The molecule has 21 heavy (non-hydrogen) atoms. The van der Waals surface area contributed by atoms with Crippen molar-refractivity contribution in [1.82, 2.24) is 19.7 Å². The molecule has 2 aromatic heterocycles. The molecular weight excluding hydrogens is 302 g/mol. The van der Waals surface area contributed by atoms with E-state index in [1.165, 1.54) is 12.5 Å². The van der Waals surface area contributed by atoms with Crippen molar-refractivity contribution in [3.05, 3.63) is 41.8 Å². The van der Waals surface area contributed by atoms with E-state index in [9.17, 15) is 8.78 Å². The van der Waals surface area contributed by atoms with Gasteiger partial charge in [-0.3, -0.25) is 0 Å². The molecule has 0 aliphatic carbocycles. The second-order valence-electron chi connectivity index (χ2n) is 4.47. The highest BCUT2D eigenvalue weighted by molar-refractivity contribution is 6.17. The summed E-state index contributed by atoms with van der Waals surface area (Å²) in [6.45, 7) is 0.436. The topological polar surface area (TPSA) is 56.7 Å². The zero-order valence-corrected chi connectivity index (χ0v) is 11.6. The fourth-order valence-electron chi connectivity index (χ4n) is 2.24. The van der Waals surface area contributed by atoms with Crippen LogP contribution >= 0.6 is 11.6 Å². The highest BCUT2D eigenvalue weighted by Gasteiger charge is 2.15. The van der Waals surface area contributed by atoms with Crippen molar-refractivity contribution in [3.8, 4) is 0 Å². The highest BCUT2D eigenvalue weighted by atomic mass is 35.5. The van der Waals surface area contributed by atoms with Crippen LogP contribution in [0.1, 0.15) is 11.6 Å². The molecule has 3 aromatic rings. The number of hydrogen-bond donors (Lipinski definition) is 0. The van der Waals surface area contributed by atoms with Crippen LogP contribution in [0.4, 0.5) is 8.78 Å². The molecule has 0 radical (unpaired) electrons. The number of nitrogens with zero attached hydrogens (tertiary/aromatic N) is 4. The van der Waals surface area contributed by atoms with Crippen molar-refractivity contribution in [2.45, 2.75) is 19.4 Å². The van der Waals surface area contributed by atoms with Crippen LogP contribution in [0.2, 0.25) is 0 Å². The molecular formula is C13H11ClF2N4O. The zero-order chi connectivity index (χ0) is 14.8. The average Bonchev–Trinajstić information content (AvgIpc) is 3.05. The molecule has 0 saturated heterocycles. The Hall–Kier alpha value is -2.02. The molecule has 2 heterocycles. The molecule has 0 fully saturated rings. The van der Waals surface area contributed by atoms with Crippen molar-refractivity contribution in [2.24, 2.45) is 0 Å². The first-order valence-corrected chi connectivity index (χ1v) is 6.88. The van der Waals surface area contributed by atoms with Gasteiger partial charge in [-0.1, -0.05) is 5.16 Å². The molecule has 0 atom stereocenters. The summed E-state index contributed by atoms with van der Waals surface area (Å²) in [5, 5.41) is 3.71. The predicted molar refractivity (Wildman–Crippen MR) is 72.1 cm³/mol. The van der Waals surface area contributed by atoms with E-state index in [4.69, 9.17) is 11.6 Å². The molecule has 3 rings (SSSR count). The van der Waals surface area contributed by atoms with E-state index < -0.39 is 11.6 Å². The standard InChI is InChI=1S/C13H11ClF2N4O/c14-3-1-12-18-13-9(16)5-8(15)6-10(13)20(12)4-2-11-17-7-21-19-11/h5-7H,1-4H2. The van der Waals surface area contributed by atoms with Crippen molar-refractivity contribution in [2.75, 3.05) is 5.88 Å². The monoisotopic (exact) mass is 312 g/mol. The van der Waals surface area contributed by atoms with Crippen molar-refractivity contribution < 1.29 is 13.3 Å². The molecule has 1 aromatic carbocycles. The normalized spacial score (nSPS) is 11.4. The molecule has 5 nitrogen and oxygen atoms in total. The number of hydrogen-bond acceptors (Lipinski definition) is 4. The summed E-state index contributed by atoms with van der Waals surface area (Å²) in [7, 11) is 0. The average molecular weight is 313 g/mol. The number of fused-ring (bicyclic) bond motifs is 1. The first kappa shape index (κ1) is 13.9. The summed E-state index contributed by atoms with van der Waals surface area (Å²) >= 11 is 5.75. The number of aryl methyl sites for hydroxylation is 3. The summed E-state index contributed by atoms with van der Waals surface area (Å²) in [5.41, 5.74) is 0.542. The van der Waals surface area contributed by atoms with Crippen LogP contribution in [0, 0.1) is 11.6 Å². The summed E-state index contributed by atoms with van der Waals surface area (Å²) in [6.07, 6.45) is 2.17. The Kier molecular flexibility index (Phi) is 3.83. The summed E-state index contributed by atoms with van der Waals surface area (Å²) in [4.78, 5) is 8.14. The molecule has 8 heteroatoms. The smallest absolute Gasteiger partial charge is 0.213 e. The molecule has 0 aliphatic rings. The van der Waals surface area contributed by atoms with Gasteiger partial charge >= 0.3 is 0 Å². The summed E-state index contributed by atoms with van der Waals surface area (Å²) in [5.74, 6) is 0.145. The Balaban J connectivity index is 2.02. The summed E-state index contributed by atoms with van der Waals surface area (Å²) in [6, 6.07) is 2.09. The van der Waals surface area contributed by atoms with Gasteiger partial charge in [0.15, 0.2) is 11.6 Å². The van der Waals surface area contributed by atoms with Crippen LogP contribution in [-0.4, -0.2) is 25.6 Å². The lowest BCUT2D eigenvalue weighted by Gasteiger charge is -2.06. The fourth-order valence-corrected chi connectivity index (χ4v) is 2.41. The van der Waals surface area contributed by atoms with Gasteiger partial charge in [-0.15, -0.1) is 11.6 Å². The molecule has 0 N–H and O–H groups in total. The van der Waals surface area contributed by atoms with E-state index in [0.717, 1.165) is 6.07 Å². The molecule has 0 unspecified atom stereocenters. The fraction of sp³-hybridized carbons (Fsp3) is 0.308. The minimum Gasteiger partial charge on any atom is -0.343 e. The predicted octanol–water partition coefficient (Wildman–Crippen LogP) is 2.72. The minimum atomic E-state index is -0.681. The van der Waals surface area contributed by atoms with Gasteiger partial charge in [-0.2, -0.15) is 4.98 Å². The van der Waals surface area contributed by atoms with Crippen LogP contribution in [0.25, 0.3) is 11.0 Å². The SMILES string of the molecule is Fc1cc(F)c2nc(CCCl)n(CCc3ncon3)c2c1. The van der Waals surface area contributed by atoms with Crippen LogP contribution in [-0.2, 0) is 19.4 Å². The molecule has 0 spiro atoms. The van der Waals surface area contributed by atoms with Gasteiger partial charge in [0.25, 0.3) is 0 Å². The number of benzene rings is 1. The number of aromatic nitrogens is 4. The van der Waals surface area contributed by atoms with E-state index in [-0.39, 0.29) is 5.52 Å². The molecule has 110 valence electrons. The van der Waals surface area contributed by atoms with Gasteiger partial charge in [0.2, 0.25) is 6.39 Å². The largest absolute Gasteiger partial charge is 0.343 e. The van der Waals surface area contributed by atoms with Gasteiger partial charge < -0.3 is 9.09 Å². The Morgan fingerprint density at radius 1 is 1.24 bits per heavy atom. The maximum absolute atomic E-state index is 13.8. The quantitative estimate of drug-likeness (QED) is 0.680. The second-order valence-corrected chi connectivity index (χ2v) is 4.85. The Labute approximate surface area is 123 Å². The van der Waals surface area contributed by atoms with Gasteiger partial charge in [0.05, 0.1) is 5.52 Å². The van der Waals surface area contributed by atoms with Crippen LogP contribution in [0.5, 0.6) is 0 Å². The Bertz CT molecular complexity index is 757. The van der Waals surface area contributed by atoms with Crippen LogP contribution in [0.3, 0.4) is 0 Å². The minimum absolute atomic E-state index is 0.143. The van der Waals surface area contributed by atoms with Gasteiger partial charge in [-0.05, 0) is 6.07 Å². The van der Waals surface area contributed by atoms with Gasteiger partial charge in [0.1, 0.15) is 17.2 Å². The first-order valence-electron chi connectivity index (χ1n) is 6.34. The number of imidazole rings is 1. The summed E-state index contributed by atoms with van der Waals surface area (Å²) < 4.78 is 33.6. The number of alkyl halides is 1. The lowest BCUT2D eigenvalue weighted by Crippen LogP contribution is -2.08. The number of halogens is 3.